The fourth-order valence-electron chi connectivity index (χ4n) is 3.20. The SMILES string of the molecule is CC1(C)CN(C(=O)Nc2cc3c(cc2F)CCC(=O)N3)CC(C(F)(F)F)O1. The lowest BCUT2D eigenvalue weighted by molar-refractivity contribution is -0.267. The number of hydrogen-bond acceptors (Lipinski definition) is 3. The Balaban J connectivity index is 1.78. The highest BCUT2D eigenvalue weighted by molar-refractivity contribution is 5.96. The summed E-state index contributed by atoms with van der Waals surface area (Å²) in [4.78, 5) is 24.9. The van der Waals surface area contributed by atoms with E-state index in [1.54, 1.807) is 0 Å². The summed E-state index contributed by atoms with van der Waals surface area (Å²) in [6.07, 6.45) is -6.14. The van der Waals surface area contributed by atoms with Crippen LogP contribution in [0.25, 0.3) is 0 Å². The van der Waals surface area contributed by atoms with Gasteiger partial charge in [-0.2, -0.15) is 13.2 Å². The second-order valence-corrected chi connectivity index (χ2v) is 7.26. The molecule has 0 aliphatic carbocycles. The van der Waals surface area contributed by atoms with E-state index in [2.05, 4.69) is 10.6 Å². The molecule has 148 valence electrons. The minimum absolute atomic E-state index is 0.0886. The summed E-state index contributed by atoms with van der Waals surface area (Å²) in [6, 6.07) is 1.60. The molecule has 3 amide bonds. The topological polar surface area (TPSA) is 70.7 Å². The Hall–Kier alpha value is -2.36. The van der Waals surface area contributed by atoms with Gasteiger partial charge in [-0.1, -0.05) is 0 Å². The first kappa shape index (κ1) is 19.4. The number of morpholine rings is 1. The highest BCUT2D eigenvalue weighted by Crippen LogP contribution is 2.33. The zero-order chi connectivity index (χ0) is 20.0. The first-order valence-corrected chi connectivity index (χ1v) is 8.37. The molecule has 1 saturated heterocycles. The molecule has 27 heavy (non-hydrogen) atoms. The Morgan fingerprint density at radius 3 is 2.70 bits per heavy atom. The van der Waals surface area contributed by atoms with Crippen molar-refractivity contribution in [1.82, 2.24) is 4.90 Å². The number of halogens is 4. The first-order chi connectivity index (χ1) is 12.4. The summed E-state index contributed by atoms with van der Waals surface area (Å²) in [5.74, 6) is -0.951. The zero-order valence-corrected chi connectivity index (χ0v) is 14.7. The molecular formula is C17H19F4N3O3. The number of rotatable bonds is 1. The fraction of sp³-hybridized carbons (Fsp3) is 0.529. The number of nitrogens with zero attached hydrogens (tertiary/aromatic N) is 1. The molecule has 1 fully saturated rings. The maximum absolute atomic E-state index is 14.3. The summed E-state index contributed by atoms with van der Waals surface area (Å²) >= 11 is 0. The predicted octanol–water partition coefficient (Wildman–Crippen LogP) is 3.28. The Bertz CT molecular complexity index is 779. The number of amides is 3. The van der Waals surface area contributed by atoms with E-state index in [9.17, 15) is 27.2 Å². The molecule has 1 unspecified atom stereocenters. The number of hydrogen-bond donors (Lipinski definition) is 2. The number of carbonyl (C=O) groups excluding carboxylic acids is 2. The lowest BCUT2D eigenvalue weighted by Crippen LogP contribution is -2.59. The average Bonchev–Trinajstić information content (AvgIpc) is 2.53. The number of aryl methyl sites for hydroxylation is 1. The maximum atomic E-state index is 14.3. The number of nitrogens with one attached hydrogen (secondary N) is 2. The Kier molecular flexibility index (Phi) is 4.79. The number of ether oxygens (including phenoxy) is 1. The Morgan fingerprint density at radius 2 is 2.04 bits per heavy atom. The van der Waals surface area contributed by atoms with Gasteiger partial charge in [0.05, 0.1) is 24.4 Å². The van der Waals surface area contributed by atoms with E-state index in [1.165, 1.54) is 26.0 Å². The molecule has 0 spiro atoms. The van der Waals surface area contributed by atoms with E-state index in [0.717, 1.165) is 4.90 Å². The summed E-state index contributed by atoms with van der Waals surface area (Å²) in [7, 11) is 0. The lowest BCUT2D eigenvalue weighted by atomic mass is 10.0. The van der Waals surface area contributed by atoms with E-state index in [0.29, 0.717) is 17.7 Å². The first-order valence-electron chi connectivity index (χ1n) is 8.37. The molecular weight excluding hydrogens is 370 g/mol. The second-order valence-electron chi connectivity index (χ2n) is 7.26. The minimum Gasteiger partial charge on any atom is -0.359 e. The van der Waals surface area contributed by atoms with Crippen LogP contribution >= 0.6 is 0 Å². The standard InChI is InChI=1S/C17H19F4N3O3/c1-16(2)8-24(7-13(27-16)17(19,20)21)15(26)23-12-6-11-9(5-10(12)18)3-4-14(25)22-11/h5-6,13H,3-4,7-8H2,1-2H3,(H,22,25)(H,23,26). The van der Waals surface area contributed by atoms with Crippen molar-refractivity contribution in [2.75, 3.05) is 23.7 Å². The van der Waals surface area contributed by atoms with Gasteiger partial charge >= 0.3 is 12.2 Å². The van der Waals surface area contributed by atoms with Crippen molar-refractivity contribution in [1.29, 1.82) is 0 Å². The molecule has 2 N–H and O–H groups in total. The minimum atomic E-state index is -4.63. The third-order valence-electron chi connectivity index (χ3n) is 4.40. The molecule has 0 saturated carbocycles. The van der Waals surface area contributed by atoms with Crippen molar-refractivity contribution in [2.45, 2.75) is 44.6 Å². The van der Waals surface area contributed by atoms with Crippen molar-refractivity contribution in [2.24, 2.45) is 0 Å². The molecule has 2 aliphatic rings. The molecule has 1 atom stereocenters. The van der Waals surface area contributed by atoms with Crippen LogP contribution in [0.1, 0.15) is 25.8 Å². The van der Waals surface area contributed by atoms with Gasteiger partial charge in [-0.3, -0.25) is 4.79 Å². The van der Waals surface area contributed by atoms with Gasteiger partial charge in [-0.05, 0) is 38.0 Å². The van der Waals surface area contributed by atoms with Crippen LogP contribution in [0.2, 0.25) is 0 Å². The summed E-state index contributed by atoms with van der Waals surface area (Å²) in [5.41, 5.74) is -0.458. The van der Waals surface area contributed by atoms with E-state index < -0.39 is 36.3 Å². The van der Waals surface area contributed by atoms with Gasteiger partial charge in [0, 0.05) is 12.1 Å². The third kappa shape index (κ3) is 4.32. The summed E-state index contributed by atoms with van der Waals surface area (Å²) in [6.45, 7) is 2.11. The van der Waals surface area contributed by atoms with Crippen LogP contribution in [0.5, 0.6) is 0 Å². The van der Waals surface area contributed by atoms with Crippen molar-refractivity contribution < 1.29 is 31.9 Å². The van der Waals surface area contributed by atoms with Crippen LogP contribution in [0.3, 0.4) is 0 Å². The maximum Gasteiger partial charge on any atom is 0.416 e. The third-order valence-corrected chi connectivity index (χ3v) is 4.40. The van der Waals surface area contributed by atoms with Gasteiger partial charge in [0.2, 0.25) is 5.91 Å². The Labute approximate surface area is 152 Å². The molecule has 0 bridgehead atoms. The average molecular weight is 389 g/mol. The number of benzene rings is 1. The van der Waals surface area contributed by atoms with Crippen LogP contribution in [0.4, 0.5) is 33.7 Å². The highest BCUT2D eigenvalue weighted by atomic mass is 19.4. The zero-order valence-electron chi connectivity index (χ0n) is 14.7. The molecule has 10 heteroatoms. The van der Waals surface area contributed by atoms with Gasteiger partial charge in [-0.25, -0.2) is 9.18 Å². The highest BCUT2D eigenvalue weighted by Gasteiger charge is 2.49. The van der Waals surface area contributed by atoms with Gasteiger partial charge < -0.3 is 20.3 Å². The van der Waals surface area contributed by atoms with Gasteiger partial charge in [0.1, 0.15) is 5.82 Å². The molecule has 0 aromatic heterocycles. The molecule has 1 aromatic rings. The van der Waals surface area contributed by atoms with E-state index in [1.807, 2.05) is 0 Å². The Morgan fingerprint density at radius 1 is 1.33 bits per heavy atom. The molecule has 6 nitrogen and oxygen atoms in total. The molecule has 2 aliphatic heterocycles. The summed E-state index contributed by atoms with van der Waals surface area (Å²) < 4.78 is 58.4. The lowest BCUT2D eigenvalue weighted by Gasteiger charge is -2.43. The van der Waals surface area contributed by atoms with Crippen LogP contribution in [0, 0.1) is 5.82 Å². The van der Waals surface area contributed by atoms with Crippen molar-refractivity contribution in [3.05, 3.63) is 23.5 Å². The second kappa shape index (κ2) is 6.66. The monoisotopic (exact) mass is 389 g/mol. The number of urea groups is 1. The normalized spacial score (nSPS) is 22.1. The fourth-order valence-corrected chi connectivity index (χ4v) is 3.20. The van der Waals surface area contributed by atoms with Crippen molar-refractivity contribution >= 4 is 23.3 Å². The van der Waals surface area contributed by atoms with E-state index in [4.69, 9.17) is 4.74 Å². The van der Waals surface area contributed by atoms with Crippen LogP contribution < -0.4 is 10.6 Å². The largest absolute Gasteiger partial charge is 0.416 e. The van der Waals surface area contributed by atoms with Gasteiger partial charge in [0.15, 0.2) is 6.10 Å². The van der Waals surface area contributed by atoms with Gasteiger partial charge in [0.25, 0.3) is 0 Å². The smallest absolute Gasteiger partial charge is 0.359 e. The van der Waals surface area contributed by atoms with Crippen LogP contribution in [-0.4, -0.2) is 47.8 Å². The molecule has 1 aromatic carbocycles. The number of alkyl halides is 3. The number of anilines is 2. The van der Waals surface area contributed by atoms with Crippen molar-refractivity contribution in [3.8, 4) is 0 Å². The molecule has 3 rings (SSSR count). The quantitative estimate of drug-likeness (QED) is 0.725. The molecule has 2 heterocycles. The molecule has 0 radical (unpaired) electrons. The number of fused-ring (bicyclic) bond motifs is 1. The van der Waals surface area contributed by atoms with Crippen LogP contribution in [-0.2, 0) is 16.0 Å². The summed E-state index contributed by atoms with van der Waals surface area (Å²) in [5, 5.41) is 4.87. The van der Waals surface area contributed by atoms with Gasteiger partial charge in [-0.15, -0.1) is 0 Å². The van der Waals surface area contributed by atoms with E-state index >= 15 is 0 Å². The number of carbonyl (C=O) groups is 2. The van der Waals surface area contributed by atoms with E-state index in [-0.39, 0.29) is 24.6 Å². The van der Waals surface area contributed by atoms with Crippen LogP contribution in [0.15, 0.2) is 12.1 Å². The van der Waals surface area contributed by atoms with Crippen molar-refractivity contribution in [3.63, 3.8) is 0 Å². The predicted molar refractivity (Wildman–Crippen MR) is 88.9 cm³/mol.